The number of rotatable bonds is 12. The van der Waals surface area contributed by atoms with E-state index < -0.39 is 65.3 Å². The fourth-order valence-corrected chi connectivity index (χ4v) is 6.84. The van der Waals surface area contributed by atoms with E-state index in [1.165, 1.54) is 12.1 Å². The minimum atomic E-state index is -1.17. The molecule has 0 aliphatic carbocycles. The maximum atomic E-state index is 14.5. The van der Waals surface area contributed by atoms with Crippen molar-refractivity contribution in [2.24, 2.45) is 10.8 Å². The number of hydrogen-bond acceptors (Lipinski definition) is 8. The van der Waals surface area contributed by atoms with E-state index in [9.17, 15) is 28.4 Å². The first-order valence-corrected chi connectivity index (χ1v) is 17.4. The predicted octanol–water partition coefficient (Wildman–Crippen LogP) is 5.86. The van der Waals surface area contributed by atoms with Crippen LogP contribution in [0.4, 0.5) is 4.39 Å². The van der Waals surface area contributed by atoms with Crippen molar-refractivity contribution in [2.45, 2.75) is 106 Å². The van der Waals surface area contributed by atoms with E-state index in [1.807, 2.05) is 20.8 Å². The second-order valence-electron chi connectivity index (χ2n) is 14.4. The zero-order valence-corrected chi connectivity index (χ0v) is 30.7. The third-order valence-electron chi connectivity index (χ3n) is 9.88. The average molecular weight is 705 g/mol. The number of aromatic amines is 1. The number of likely N-dealkylation sites (tertiary alicyclic amines) is 1. The number of hydrogen-bond donors (Lipinski definition) is 2. The fraction of sp³-hybridized carbons (Fsp3) is 0.487. The maximum absolute atomic E-state index is 14.5. The van der Waals surface area contributed by atoms with Crippen LogP contribution in [0, 0.1) is 30.5 Å². The molecule has 1 saturated heterocycles. The Hall–Kier alpha value is -4.87. The van der Waals surface area contributed by atoms with Gasteiger partial charge in [-0.2, -0.15) is 5.10 Å². The van der Waals surface area contributed by atoms with Crippen LogP contribution in [0.3, 0.4) is 0 Å². The van der Waals surface area contributed by atoms with Crippen molar-refractivity contribution >= 4 is 23.8 Å². The molecule has 0 bridgehead atoms. The van der Waals surface area contributed by atoms with Gasteiger partial charge >= 0.3 is 11.9 Å². The Bertz CT molecular complexity index is 1830. The molecule has 274 valence electrons. The van der Waals surface area contributed by atoms with Gasteiger partial charge in [-0.3, -0.25) is 24.0 Å². The fourth-order valence-electron chi connectivity index (χ4n) is 6.84. The Kier molecular flexibility index (Phi) is 12.2. The van der Waals surface area contributed by atoms with Crippen molar-refractivity contribution in [3.63, 3.8) is 0 Å². The second kappa shape index (κ2) is 16.0. The van der Waals surface area contributed by atoms with Crippen molar-refractivity contribution in [1.82, 2.24) is 20.4 Å². The topological polar surface area (TPSA) is 148 Å². The van der Waals surface area contributed by atoms with Gasteiger partial charge < -0.3 is 19.7 Å². The van der Waals surface area contributed by atoms with Gasteiger partial charge in [-0.25, -0.2) is 9.49 Å². The zero-order valence-electron chi connectivity index (χ0n) is 30.7. The van der Waals surface area contributed by atoms with E-state index >= 15 is 0 Å². The summed E-state index contributed by atoms with van der Waals surface area (Å²) >= 11 is 0. The number of carbonyl (C=O) groups is 4. The minimum absolute atomic E-state index is 0.279. The summed E-state index contributed by atoms with van der Waals surface area (Å²) in [7, 11) is 0. The summed E-state index contributed by atoms with van der Waals surface area (Å²) in [6.07, 6.45) is 1.87. The molecular formula is C39H49FN4O7. The van der Waals surface area contributed by atoms with Gasteiger partial charge in [0.05, 0.1) is 22.6 Å². The number of carbonyl (C=O) groups excluding carboxylic acids is 4. The van der Waals surface area contributed by atoms with E-state index in [2.05, 4.69) is 15.5 Å². The maximum Gasteiger partial charge on any atom is 0.317 e. The van der Waals surface area contributed by atoms with E-state index in [0.29, 0.717) is 54.5 Å². The number of halogens is 1. The first kappa shape index (κ1) is 38.9. The predicted molar refractivity (Wildman–Crippen MR) is 189 cm³/mol. The lowest BCUT2D eigenvalue weighted by Gasteiger charge is -2.42. The first-order valence-electron chi connectivity index (χ1n) is 17.4. The van der Waals surface area contributed by atoms with Gasteiger partial charge in [-0.15, -0.1) is 0 Å². The smallest absolute Gasteiger partial charge is 0.317 e. The van der Waals surface area contributed by atoms with E-state index in [4.69, 9.17) is 9.47 Å². The highest BCUT2D eigenvalue weighted by Gasteiger charge is 2.53. The Morgan fingerprint density at radius 1 is 0.980 bits per heavy atom. The van der Waals surface area contributed by atoms with Gasteiger partial charge in [-0.1, -0.05) is 32.0 Å². The number of amides is 2. The first-order chi connectivity index (χ1) is 24.0. The largest absolute Gasteiger partial charge is 0.427 e. The standard InChI is InChI=1S/C39H49FN4O7/c1-9-39(10-2,37(49)51-22-50-36(48)38(6,7)8)32-17-16-31(27-12-11-13-30(40)21-27)44(32)35(47)25(5)41-33(45)28-15-14-26(23(3)18-28)20-29-19-24(4)42-43-34(29)46/h11-15,18-19,21,25,31-32H,9-10,16-17,20,22H2,1-8H3,(H,41,45)(H,43,46)/t25-,31+,32-/m1/s1. The van der Waals surface area contributed by atoms with Crippen LogP contribution in [0.2, 0.25) is 0 Å². The van der Waals surface area contributed by atoms with Crippen LogP contribution in [0.15, 0.2) is 53.3 Å². The van der Waals surface area contributed by atoms with Crippen molar-refractivity contribution in [2.75, 3.05) is 6.79 Å². The summed E-state index contributed by atoms with van der Waals surface area (Å²) in [6.45, 7) is 13.4. The number of H-pyrrole nitrogens is 1. The van der Waals surface area contributed by atoms with Crippen molar-refractivity contribution < 1.29 is 33.0 Å². The van der Waals surface area contributed by atoms with Crippen LogP contribution in [-0.2, 0) is 30.3 Å². The zero-order chi connectivity index (χ0) is 37.7. The average Bonchev–Trinajstić information content (AvgIpc) is 3.52. The summed E-state index contributed by atoms with van der Waals surface area (Å²) < 4.78 is 25.2. The molecule has 0 radical (unpaired) electrons. The van der Waals surface area contributed by atoms with Gasteiger partial charge in [0, 0.05) is 23.6 Å². The van der Waals surface area contributed by atoms with Crippen LogP contribution in [0.25, 0.3) is 0 Å². The second-order valence-corrected chi connectivity index (χ2v) is 14.4. The molecule has 2 aromatic carbocycles. The quantitative estimate of drug-likeness (QED) is 0.176. The molecule has 1 aromatic heterocycles. The van der Waals surface area contributed by atoms with Gasteiger partial charge in [0.2, 0.25) is 12.7 Å². The van der Waals surface area contributed by atoms with Crippen molar-refractivity contribution in [3.8, 4) is 0 Å². The van der Waals surface area contributed by atoms with Gasteiger partial charge in [0.15, 0.2) is 0 Å². The van der Waals surface area contributed by atoms with Crippen LogP contribution in [-0.4, -0.2) is 57.7 Å². The molecule has 0 unspecified atom stereocenters. The summed E-state index contributed by atoms with van der Waals surface area (Å²) in [5.74, 6) is -2.48. The molecule has 1 aliphatic rings. The summed E-state index contributed by atoms with van der Waals surface area (Å²) in [4.78, 5) is 68.0. The lowest BCUT2D eigenvalue weighted by atomic mass is 9.74. The summed E-state index contributed by atoms with van der Waals surface area (Å²) in [5.41, 5.74) is 1.57. The third-order valence-corrected chi connectivity index (χ3v) is 9.88. The molecule has 2 heterocycles. The SMILES string of the molecule is CCC(CC)(C(=O)OCOC(=O)C(C)(C)C)[C@H]1CC[C@@H](c2cccc(F)c2)N1C(=O)[C@@H](C)NC(=O)c1ccc(Cc2cc(C)n[nH]c2=O)c(C)c1. The molecule has 1 aliphatic heterocycles. The molecule has 11 nitrogen and oxygen atoms in total. The Morgan fingerprint density at radius 3 is 2.29 bits per heavy atom. The Balaban J connectivity index is 1.59. The lowest BCUT2D eigenvalue weighted by Crippen LogP contribution is -2.56. The molecular weight excluding hydrogens is 655 g/mol. The van der Waals surface area contributed by atoms with Gasteiger partial charge in [0.1, 0.15) is 11.9 Å². The molecule has 51 heavy (non-hydrogen) atoms. The molecule has 3 aromatic rings. The number of benzene rings is 2. The summed E-state index contributed by atoms with van der Waals surface area (Å²) in [5, 5.41) is 9.23. The molecule has 0 spiro atoms. The number of nitrogens with one attached hydrogen (secondary N) is 2. The number of aromatic nitrogens is 2. The summed E-state index contributed by atoms with van der Waals surface area (Å²) in [6, 6.07) is 10.7. The number of ether oxygens (including phenoxy) is 2. The van der Waals surface area contributed by atoms with Crippen LogP contribution in [0.5, 0.6) is 0 Å². The minimum Gasteiger partial charge on any atom is -0.427 e. The highest BCUT2D eigenvalue weighted by atomic mass is 19.1. The molecule has 1 fully saturated rings. The number of aryl methyl sites for hydroxylation is 2. The highest BCUT2D eigenvalue weighted by molar-refractivity contribution is 5.98. The molecule has 4 rings (SSSR count). The van der Waals surface area contributed by atoms with Crippen molar-refractivity contribution in [3.05, 3.63) is 98.2 Å². The van der Waals surface area contributed by atoms with Gasteiger partial charge in [0.25, 0.3) is 11.5 Å². The Labute approximate surface area is 298 Å². The number of nitrogens with zero attached hydrogens (tertiary/aromatic N) is 2. The van der Waals surface area contributed by atoms with E-state index in [0.717, 1.165) is 11.1 Å². The normalized spacial score (nSPS) is 16.8. The van der Waals surface area contributed by atoms with Crippen molar-refractivity contribution in [1.29, 1.82) is 0 Å². The monoisotopic (exact) mass is 704 g/mol. The van der Waals surface area contributed by atoms with Gasteiger partial charge in [-0.05, 0) is 114 Å². The molecule has 3 atom stereocenters. The molecule has 2 N–H and O–H groups in total. The van der Waals surface area contributed by atoms with E-state index in [-0.39, 0.29) is 5.56 Å². The number of esters is 2. The van der Waals surface area contributed by atoms with Crippen LogP contribution >= 0.6 is 0 Å². The molecule has 0 saturated carbocycles. The molecule has 12 heteroatoms. The highest BCUT2D eigenvalue weighted by Crippen LogP contribution is 2.47. The van der Waals surface area contributed by atoms with Crippen LogP contribution in [0.1, 0.15) is 112 Å². The molecule has 2 amide bonds. The third kappa shape index (κ3) is 8.72. The van der Waals surface area contributed by atoms with Crippen LogP contribution < -0.4 is 10.9 Å². The Morgan fingerprint density at radius 2 is 1.67 bits per heavy atom. The lowest BCUT2D eigenvalue weighted by molar-refractivity contribution is -0.183. The van der Waals surface area contributed by atoms with E-state index in [1.54, 1.807) is 75.9 Å².